The molecule has 3 nitrogen and oxygen atoms in total. The van der Waals surface area contributed by atoms with E-state index >= 15 is 0 Å². The van der Waals surface area contributed by atoms with Crippen molar-refractivity contribution in [3.8, 4) is 0 Å². The third-order valence-electron chi connectivity index (χ3n) is 4.58. The van der Waals surface area contributed by atoms with E-state index in [1.807, 2.05) is 17.5 Å². The number of likely N-dealkylation sites (tertiary alicyclic amines) is 1. The fraction of sp³-hybridized carbons (Fsp3) is 0.588. The van der Waals surface area contributed by atoms with Crippen molar-refractivity contribution in [2.24, 2.45) is 5.92 Å². The molecule has 3 heterocycles. The molecule has 0 amide bonds. The van der Waals surface area contributed by atoms with Gasteiger partial charge in [-0.1, -0.05) is 0 Å². The molecular weight excluding hydrogens is 278 g/mol. The molecule has 0 saturated carbocycles. The number of hydrogen-bond acceptors (Lipinski definition) is 3. The maximum Gasteiger partial charge on any atom is 0.105 e. The number of hydrogen-bond donors (Lipinski definition) is 0. The Bertz CT molecular complexity index is 571. The topological polar surface area (TPSA) is 21.1 Å². The van der Waals surface area contributed by atoms with Crippen molar-refractivity contribution >= 4 is 11.3 Å². The summed E-state index contributed by atoms with van der Waals surface area (Å²) in [6.45, 7) is 11.2. The van der Waals surface area contributed by atoms with E-state index < -0.39 is 0 Å². The highest BCUT2D eigenvalue weighted by molar-refractivity contribution is 7.11. The van der Waals surface area contributed by atoms with Crippen LogP contribution in [0.15, 0.2) is 18.3 Å². The van der Waals surface area contributed by atoms with Gasteiger partial charge in [0.2, 0.25) is 0 Å². The van der Waals surface area contributed by atoms with Crippen LogP contribution >= 0.6 is 11.3 Å². The van der Waals surface area contributed by atoms with Gasteiger partial charge < -0.3 is 4.57 Å². The molecule has 114 valence electrons. The summed E-state index contributed by atoms with van der Waals surface area (Å²) < 4.78 is 2.38. The Morgan fingerprint density at radius 2 is 1.95 bits per heavy atom. The summed E-state index contributed by atoms with van der Waals surface area (Å²) >= 11 is 1.94. The molecule has 1 saturated heterocycles. The number of imidazole rings is 1. The van der Waals surface area contributed by atoms with Crippen molar-refractivity contribution in [3.05, 3.63) is 39.6 Å². The lowest BCUT2D eigenvalue weighted by atomic mass is 9.96. The largest absolute Gasteiger partial charge is 0.332 e. The molecule has 0 bridgehead atoms. The van der Waals surface area contributed by atoms with E-state index in [9.17, 15) is 0 Å². The Kier molecular flexibility index (Phi) is 4.45. The molecule has 0 unspecified atom stereocenters. The lowest BCUT2D eigenvalue weighted by Crippen LogP contribution is -2.34. The highest BCUT2D eigenvalue weighted by Gasteiger charge is 2.20. The second-order valence-electron chi connectivity index (χ2n) is 6.29. The summed E-state index contributed by atoms with van der Waals surface area (Å²) in [5.74, 6) is 1.96. The third kappa shape index (κ3) is 3.55. The van der Waals surface area contributed by atoms with Gasteiger partial charge >= 0.3 is 0 Å². The van der Waals surface area contributed by atoms with Gasteiger partial charge in [-0.25, -0.2) is 4.98 Å². The van der Waals surface area contributed by atoms with Crippen molar-refractivity contribution in [3.63, 3.8) is 0 Å². The van der Waals surface area contributed by atoms with Crippen molar-refractivity contribution in [2.45, 2.75) is 46.7 Å². The Labute approximate surface area is 131 Å². The van der Waals surface area contributed by atoms with E-state index in [-0.39, 0.29) is 0 Å². The monoisotopic (exact) mass is 303 g/mol. The summed E-state index contributed by atoms with van der Waals surface area (Å²) in [6, 6.07) is 4.52. The first kappa shape index (κ1) is 14.8. The van der Waals surface area contributed by atoms with E-state index in [0.717, 1.165) is 24.8 Å². The van der Waals surface area contributed by atoms with Crippen LogP contribution in [0, 0.1) is 26.7 Å². The zero-order valence-corrected chi connectivity index (χ0v) is 14.1. The molecular formula is C17H25N3S. The molecule has 2 aromatic heterocycles. The van der Waals surface area contributed by atoms with E-state index in [2.05, 4.69) is 47.4 Å². The average molecular weight is 303 g/mol. The second kappa shape index (κ2) is 6.32. The number of thiophene rings is 1. The van der Waals surface area contributed by atoms with Crippen molar-refractivity contribution in [1.29, 1.82) is 0 Å². The van der Waals surface area contributed by atoms with Crippen molar-refractivity contribution < 1.29 is 0 Å². The molecule has 0 aromatic carbocycles. The van der Waals surface area contributed by atoms with Gasteiger partial charge in [-0.3, -0.25) is 4.90 Å². The summed E-state index contributed by atoms with van der Waals surface area (Å²) in [5, 5.41) is 0. The molecule has 1 fully saturated rings. The molecule has 0 radical (unpaired) electrons. The minimum atomic E-state index is 0.804. The van der Waals surface area contributed by atoms with Gasteiger partial charge in [-0.05, 0) is 64.8 Å². The molecule has 3 rings (SSSR count). The summed E-state index contributed by atoms with van der Waals surface area (Å²) in [4.78, 5) is 9.94. The van der Waals surface area contributed by atoms with Crippen LogP contribution in [0.2, 0.25) is 0 Å². The molecule has 0 aliphatic carbocycles. The Morgan fingerprint density at radius 3 is 2.52 bits per heavy atom. The lowest BCUT2D eigenvalue weighted by molar-refractivity contribution is 0.167. The molecule has 1 aliphatic heterocycles. The van der Waals surface area contributed by atoms with Gasteiger partial charge in [0, 0.05) is 34.7 Å². The Balaban J connectivity index is 1.51. The number of nitrogens with zero attached hydrogens (tertiary/aromatic N) is 3. The summed E-state index contributed by atoms with van der Waals surface area (Å²) in [6.07, 6.45) is 4.60. The minimum Gasteiger partial charge on any atom is -0.332 e. The van der Waals surface area contributed by atoms with Crippen LogP contribution in [0.5, 0.6) is 0 Å². The van der Waals surface area contributed by atoms with Crippen LogP contribution < -0.4 is 0 Å². The van der Waals surface area contributed by atoms with Gasteiger partial charge in [0.15, 0.2) is 0 Å². The maximum absolute atomic E-state index is 4.41. The van der Waals surface area contributed by atoms with E-state index in [1.165, 1.54) is 41.4 Å². The predicted octanol–water partition coefficient (Wildman–Crippen LogP) is 3.78. The van der Waals surface area contributed by atoms with Crippen LogP contribution in [0.3, 0.4) is 0 Å². The van der Waals surface area contributed by atoms with Gasteiger partial charge in [-0.2, -0.15) is 0 Å². The summed E-state index contributed by atoms with van der Waals surface area (Å²) in [7, 11) is 0. The maximum atomic E-state index is 4.41. The van der Waals surface area contributed by atoms with Gasteiger partial charge in [0.1, 0.15) is 5.82 Å². The van der Waals surface area contributed by atoms with Gasteiger partial charge in [-0.15, -0.1) is 11.3 Å². The van der Waals surface area contributed by atoms with Crippen LogP contribution in [0.1, 0.15) is 34.1 Å². The molecule has 0 atom stereocenters. The van der Waals surface area contributed by atoms with E-state index in [1.54, 1.807) is 0 Å². The van der Waals surface area contributed by atoms with Gasteiger partial charge in [0.05, 0.1) is 0 Å². The number of piperidine rings is 1. The summed E-state index contributed by atoms with van der Waals surface area (Å²) in [5.41, 5.74) is 1.30. The van der Waals surface area contributed by atoms with E-state index in [4.69, 9.17) is 0 Å². The molecule has 21 heavy (non-hydrogen) atoms. The molecule has 4 heteroatoms. The van der Waals surface area contributed by atoms with Crippen molar-refractivity contribution in [1.82, 2.24) is 14.5 Å². The second-order valence-corrected chi connectivity index (χ2v) is 7.66. The minimum absolute atomic E-state index is 0.804. The Hall–Kier alpha value is -1.13. The standard InChI is InChI=1S/C17H25N3S/c1-13-10-18-15(3)20(13)11-16-6-8-19(9-7-16)12-17-5-4-14(2)21-17/h4-5,10,16H,6-9,11-12H2,1-3H3. The molecule has 0 spiro atoms. The fourth-order valence-corrected chi connectivity index (χ4v) is 4.17. The van der Waals surface area contributed by atoms with Crippen LogP contribution in [0.4, 0.5) is 0 Å². The van der Waals surface area contributed by atoms with E-state index in [0.29, 0.717) is 0 Å². The molecule has 0 N–H and O–H groups in total. The number of aryl methyl sites for hydroxylation is 3. The third-order valence-corrected chi connectivity index (χ3v) is 5.56. The Morgan fingerprint density at radius 1 is 1.19 bits per heavy atom. The number of aromatic nitrogens is 2. The normalized spacial score (nSPS) is 17.5. The highest BCUT2D eigenvalue weighted by Crippen LogP contribution is 2.24. The predicted molar refractivity (Wildman–Crippen MR) is 88.8 cm³/mol. The lowest BCUT2D eigenvalue weighted by Gasteiger charge is -2.32. The van der Waals surface area contributed by atoms with Gasteiger partial charge in [0.25, 0.3) is 0 Å². The highest BCUT2D eigenvalue weighted by atomic mass is 32.1. The fourth-order valence-electron chi connectivity index (χ4n) is 3.23. The van der Waals surface area contributed by atoms with Crippen molar-refractivity contribution in [2.75, 3.05) is 13.1 Å². The zero-order valence-electron chi connectivity index (χ0n) is 13.3. The zero-order chi connectivity index (χ0) is 14.8. The van der Waals surface area contributed by atoms with Crippen LogP contribution in [-0.4, -0.2) is 27.5 Å². The molecule has 2 aromatic rings. The first-order valence-corrected chi connectivity index (χ1v) is 8.70. The molecule has 1 aliphatic rings. The first-order chi connectivity index (χ1) is 10.1. The quantitative estimate of drug-likeness (QED) is 0.857. The smallest absolute Gasteiger partial charge is 0.105 e. The van der Waals surface area contributed by atoms with Crippen LogP contribution in [0.25, 0.3) is 0 Å². The first-order valence-electron chi connectivity index (χ1n) is 7.88. The number of rotatable bonds is 4. The SMILES string of the molecule is Cc1ccc(CN2CCC(Cn3c(C)cnc3C)CC2)s1. The van der Waals surface area contributed by atoms with Crippen LogP contribution in [-0.2, 0) is 13.1 Å². The average Bonchev–Trinajstić information content (AvgIpc) is 3.01.